The quantitative estimate of drug-likeness (QED) is 0.730. The molecule has 0 atom stereocenters. The Bertz CT molecular complexity index is 500. The van der Waals surface area contributed by atoms with Gasteiger partial charge in [0.1, 0.15) is 5.82 Å². The second-order valence-corrected chi connectivity index (χ2v) is 3.86. The molecule has 15 heavy (non-hydrogen) atoms. The number of hydrogen-bond acceptors (Lipinski definition) is 1. The number of pyridine rings is 1. The van der Waals surface area contributed by atoms with Gasteiger partial charge in [-0.3, -0.25) is 4.98 Å². The fourth-order valence-electron chi connectivity index (χ4n) is 1.25. The Morgan fingerprint density at radius 1 is 1.00 bits per heavy atom. The molecule has 0 aliphatic carbocycles. The zero-order valence-corrected chi connectivity index (χ0v) is 9.06. The Kier molecular flexibility index (Phi) is 2.89. The van der Waals surface area contributed by atoms with E-state index in [1.54, 1.807) is 12.1 Å². The Balaban J connectivity index is 2.58. The highest BCUT2D eigenvalue weighted by Crippen LogP contribution is 2.25. The van der Waals surface area contributed by atoms with Gasteiger partial charge >= 0.3 is 0 Å². The minimum Gasteiger partial charge on any atom is -0.256 e. The van der Waals surface area contributed by atoms with Crippen LogP contribution in [0.3, 0.4) is 0 Å². The highest BCUT2D eigenvalue weighted by molar-refractivity contribution is 6.31. The van der Waals surface area contributed by atoms with Crippen molar-refractivity contribution in [2.45, 2.75) is 0 Å². The van der Waals surface area contributed by atoms with E-state index in [0.29, 0.717) is 21.3 Å². The fraction of sp³-hybridized carbons (Fsp3) is 0. The summed E-state index contributed by atoms with van der Waals surface area (Å²) in [5, 5.41) is 0.979. The molecule has 0 N–H and O–H groups in total. The van der Waals surface area contributed by atoms with Crippen LogP contribution in [0, 0.1) is 5.82 Å². The molecule has 2 aromatic rings. The highest BCUT2D eigenvalue weighted by Gasteiger charge is 2.07. The molecule has 0 aliphatic heterocycles. The fourth-order valence-corrected chi connectivity index (χ4v) is 1.58. The lowest BCUT2D eigenvalue weighted by Gasteiger charge is -2.03. The van der Waals surface area contributed by atoms with E-state index in [1.807, 2.05) is 0 Å². The number of nitrogens with zero attached hydrogens (tertiary/aromatic N) is 1. The second-order valence-electron chi connectivity index (χ2n) is 2.98. The van der Waals surface area contributed by atoms with E-state index < -0.39 is 0 Å². The average molecular weight is 242 g/mol. The maximum atomic E-state index is 13.4. The van der Waals surface area contributed by atoms with Crippen LogP contribution in [-0.4, -0.2) is 4.98 Å². The predicted molar refractivity (Wildman–Crippen MR) is 59.7 cm³/mol. The molecule has 0 aliphatic rings. The maximum absolute atomic E-state index is 13.4. The molecule has 0 unspecified atom stereocenters. The lowest BCUT2D eigenvalue weighted by Crippen LogP contribution is -1.87. The third kappa shape index (κ3) is 2.28. The first-order chi connectivity index (χ1) is 7.16. The van der Waals surface area contributed by atoms with Crippen molar-refractivity contribution in [3.8, 4) is 11.3 Å². The van der Waals surface area contributed by atoms with E-state index in [4.69, 9.17) is 23.2 Å². The van der Waals surface area contributed by atoms with Crippen molar-refractivity contribution in [1.29, 1.82) is 0 Å². The molecule has 4 heteroatoms. The Labute approximate surface area is 96.5 Å². The summed E-state index contributed by atoms with van der Waals surface area (Å²) in [6.07, 6.45) is 1.53. The second kappa shape index (κ2) is 4.17. The van der Waals surface area contributed by atoms with Gasteiger partial charge in [-0.05, 0) is 30.3 Å². The van der Waals surface area contributed by atoms with Crippen LogP contribution in [-0.2, 0) is 0 Å². The molecular weight excluding hydrogens is 236 g/mol. The van der Waals surface area contributed by atoms with Crippen LogP contribution < -0.4 is 0 Å². The van der Waals surface area contributed by atoms with E-state index in [-0.39, 0.29) is 5.82 Å². The minimum absolute atomic E-state index is 0.352. The van der Waals surface area contributed by atoms with Crippen LogP contribution in [0.25, 0.3) is 11.3 Å². The molecule has 1 aromatic heterocycles. The summed E-state index contributed by atoms with van der Waals surface area (Å²) >= 11 is 11.6. The monoisotopic (exact) mass is 241 g/mol. The third-order valence-corrected chi connectivity index (χ3v) is 2.40. The van der Waals surface area contributed by atoms with Gasteiger partial charge in [-0.1, -0.05) is 23.2 Å². The summed E-state index contributed by atoms with van der Waals surface area (Å²) in [4.78, 5) is 4.03. The normalized spacial score (nSPS) is 10.3. The molecule has 76 valence electrons. The number of hydrogen-bond donors (Lipinski definition) is 0. The van der Waals surface area contributed by atoms with Gasteiger partial charge in [0.2, 0.25) is 0 Å². The van der Waals surface area contributed by atoms with Crippen molar-refractivity contribution in [1.82, 2.24) is 4.98 Å². The molecule has 1 heterocycles. The van der Waals surface area contributed by atoms with Gasteiger partial charge in [0, 0.05) is 21.8 Å². The van der Waals surface area contributed by atoms with Crippen LogP contribution in [0.5, 0.6) is 0 Å². The lowest BCUT2D eigenvalue weighted by atomic mass is 10.1. The minimum atomic E-state index is -0.367. The lowest BCUT2D eigenvalue weighted by molar-refractivity contribution is 0.631. The van der Waals surface area contributed by atoms with E-state index >= 15 is 0 Å². The number of halogens is 3. The van der Waals surface area contributed by atoms with Crippen LogP contribution in [0.4, 0.5) is 4.39 Å². The summed E-state index contributed by atoms with van der Waals surface area (Å²) in [5.74, 6) is -0.367. The maximum Gasteiger partial charge on any atom is 0.132 e. The van der Waals surface area contributed by atoms with Crippen molar-refractivity contribution in [2.24, 2.45) is 0 Å². The third-order valence-electron chi connectivity index (χ3n) is 1.93. The summed E-state index contributed by atoms with van der Waals surface area (Å²) in [6, 6.07) is 7.55. The van der Waals surface area contributed by atoms with Crippen LogP contribution in [0.15, 0.2) is 36.5 Å². The van der Waals surface area contributed by atoms with Crippen molar-refractivity contribution in [2.75, 3.05) is 0 Å². The van der Waals surface area contributed by atoms with Crippen molar-refractivity contribution in [3.63, 3.8) is 0 Å². The molecule has 0 saturated carbocycles. The predicted octanol–water partition coefficient (Wildman–Crippen LogP) is 4.19. The number of aromatic nitrogens is 1. The Hall–Kier alpha value is -1.12. The van der Waals surface area contributed by atoms with Gasteiger partial charge in [-0.2, -0.15) is 0 Å². The summed E-state index contributed by atoms with van der Waals surface area (Å²) in [7, 11) is 0. The zero-order chi connectivity index (χ0) is 10.8. The van der Waals surface area contributed by atoms with Gasteiger partial charge in [0.25, 0.3) is 0 Å². The molecule has 0 saturated heterocycles. The number of benzene rings is 1. The summed E-state index contributed by atoms with van der Waals surface area (Å²) in [5.41, 5.74) is 0.826. The van der Waals surface area contributed by atoms with Crippen LogP contribution in [0.2, 0.25) is 10.0 Å². The SMILES string of the molecule is Fc1ccc(Cl)cc1-c1cc(Cl)ccn1. The molecule has 0 fully saturated rings. The van der Waals surface area contributed by atoms with Gasteiger partial charge in [-0.25, -0.2) is 4.39 Å². The zero-order valence-electron chi connectivity index (χ0n) is 7.55. The standard InChI is InChI=1S/C11H6Cl2FN/c12-7-1-2-10(14)9(5-7)11-6-8(13)3-4-15-11/h1-6H. The molecule has 1 aromatic carbocycles. The van der Waals surface area contributed by atoms with Gasteiger partial charge in [0.05, 0.1) is 5.69 Å². The first-order valence-corrected chi connectivity index (χ1v) is 4.99. The molecule has 0 amide bonds. The van der Waals surface area contributed by atoms with Crippen LogP contribution >= 0.6 is 23.2 Å². The topological polar surface area (TPSA) is 12.9 Å². The summed E-state index contributed by atoms with van der Waals surface area (Å²) < 4.78 is 13.4. The first kappa shape index (κ1) is 10.4. The van der Waals surface area contributed by atoms with Crippen molar-refractivity contribution >= 4 is 23.2 Å². The molecule has 0 bridgehead atoms. The number of rotatable bonds is 1. The molecule has 1 nitrogen and oxygen atoms in total. The largest absolute Gasteiger partial charge is 0.256 e. The van der Waals surface area contributed by atoms with Gasteiger partial charge in [-0.15, -0.1) is 0 Å². The van der Waals surface area contributed by atoms with E-state index in [0.717, 1.165) is 0 Å². The van der Waals surface area contributed by atoms with E-state index in [2.05, 4.69) is 4.98 Å². The Morgan fingerprint density at radius 3 is 2.47 bits per heavy atom. The molecule has 0 radical (unpaired) electrons. The summed E-state index contributed by atoms with van der Waals surface area (Å²) in [6.45, 7) is 0. The van der Waals surface area contributed by atoms with Gasteiger partial charge < -0.3 is 0 Å². The molecule has 2 rings (SSSR count). The van der Waals surface area contributed by atoms with Crippen LogP contribution in [0.1, 0.15) is 0 Å². The van der Waals surface area contributed by atoms with E-state index in [1.165, 1.54) is 24.4 Å². The smallest absolute Gasteiger partial charge is 0.132 e. The Morgan fingerprint density at radius 2 is 1.73 bits per heavy atom. The van der Waals surface area contributed by atoms with E-state index in [9.17, 15) is 4.39 Å². The highest BCUT2D eigenvalue weighted by atomic mass is 35.5. The average Bonchev–Trinajstić information content (AvgIpc) is 2.22. The molecule has 0 spiro atoms. The van der Waals surface area contributed by atoms with Crippen molar-refractivity contribution in [3.05, 3.63) is 52.4 Å². The molecular formula is C11H6Cl2FN. The van der Waals surface area contributed by atoms with Crippen molar-refractivity contribution < 1.29 is 4.39 Å². The first-order valence-electron chi connectivity index (χ1n) is 4.24. The van der Waals surface area contributed by atoms with Gasteiger partial charge in [0.15, 0.2) is 0 Å².